The predicted octanol–water partition coefficient (Wildman–Crippen LogP) is 1.95. The SMILES string of the molecule is Cc1ccc(C)n1CC(O)C=CF. The summed E-state index contributed by atoms with van der Waals surface area (Å²) in [6, 6.07) is 3.95. The fourth-order valence-electron chi connectivity index (χ4n) is 1.32. The zero-order chi connectivity index (χ0) is 9.84. The molecule has 1 atom stereocenters. The molecule has 1 aromatic rings. The van der Waals surface area contributed by atoms with Crippen LogP contribution in [-0.2, 0) is 6.54 Å². The van der Waals surface area contributed by atoms with Crippen LogP contribution in [0, 0.1) is 13.8 Å². The van der Waals surface area contributed by atoms with Gasteiger partial charge in [0.1, 0.15) is 0 Å². The van der Waals surface area contributed by atoms with Gasteiger partial charge in [0.15, 0.2) is 0 Å². The summed E-state index contributed by atoms with van der Waals surface area (Å²) >= 11 is 0. The van der Waals surface area contributed by atoms with Crippen LogP contribution < -0.4 is 0 Å². The van der Waals surface area contributed by atoms with Gasteiger partial charge < -0.3 is 9.67 Å². The first-order valence-electron chi connectivity index (χ1n) is 4.23. The molecular weight excluding hydrogens is 169 g/mol. The smallest absolute Gasteiger partial charge is 0.0924 e. The summed E-state index contributed by atoms with van der Waals surface area (Å²) in [7, 11) is 0. The zero-order valence-corrected chi connectivity index (χ0v) is 7.87. The molecule has 0 aromatic carbocycles. The second-order valence-corrected chi connectivity index (χ2v) is 3.11. The maximum Gasteiger partial charge on any atom is 0.0924 e. The van der Waals surface area contributed by atoms with Crippen molar-refractivity contribution >= 4 is 0 Å². The standard InChI is InChI=1S/C10H14FNO/c1-8-3-4-9(2)12(8)7-10(13)5-6-11/h3-6,10,13H,7H2,1-2H3. The normalized spacial score (nSPS) is 13.8. The number of aromatic nitrogens is 1. The van der Waals surface area contributed by atoms with E-state index in [2.05, 4.69) is 0 Å². The predicted molar refractivity (Wildman–Crippen MR) is 50.2 cm³/mol. The van der Waals surface area contributed by atoms with Crippen LogP contribution in [0.2, 0.25) is 0 Å². The summed E-state index contributed by atoms with van der Waals surface area (Å²) in [4.78, 5) is 0. The molecule has 1 N–H and O–H groups in total. The van der Waals surface area contributed by atoms with Crippen LogP contribution in [0.5, 0.6) is 0 Å². The van der Waals surface area contributed by atoms with Crippen molar-refractivity contribution in [2.24, 2.45) is 0 Å². The Morgan fingerprint density at radius 2 is 2.00 bits per heavy atom. The Morgan fingerprint density at radius 1 is 1.46 bits per heavy atom. The number of aliphatic hydroxyl groups excluding tert-OH is 1. The molecule has 0 aliphatic carbocycles. The van der Waals surface area contributed by atoms with E-state index in [9.17, 15) is 9.50 Å². The van der Waals surface area contributed by atoms with E-state index in [-0.39, 0.29) is 0 Å². The molecule has 0 fully saturated rings. The van der Waals surface area contributed by atoms with Gasteiger partial charge in [-0.3, -0.25) is 0 Å². The maximum absolute atomic E-state index is 11.7. The molecule has 0 spiro atoms. The van der Waals surface area contributed by atoms with Gasteiger partial charge in [-0.15, -0.1) is 0 Å². The lowest BCUT2D eigenvalue weighted by Crippen LogP contribution is -2.15. The number of hydrogen-bond donors (Lipinski definition) is 1. The fourth-order valence-corrected chi connectivity index (χ4v) is 1.32. The number of nitrogens with zero attached hydrogens (tertiary/aromatic N) is 1. The quantitative estimate of drug-likeness (QED) is 0.761. The summed E-state index contributed by atoms with van der Waals surface area (Å²) in [5, 5.41) is 9.32. The minimum absolute atomic E-state index is 0.374. The van der Waals surface area contributed by atoms with Crippen molar-refractivity contribution in [3.8, 4) is 0 Å². The highest BCUT2D eigenvalue weighted by Crippen LogP contribution is 2.08. The van der Waals surface area contributed by atoms with Crippen LogP contribution in [0.25, 0.3) is 0 Å². The molecule has 0 aliphatic rings. The van der Waals surface area contributed by atoms with Gasteiger partial charge in [-0.2, -0.15) is 0 Å². The molecule has 1 rings (SSSR count). The molecule has 0 aliphatic heterocycles. The van der Waals surface area contributed by atoms with Gasteiger partial charge in [0.25, 0.3) is 0 Å². The second-order valence-electron chi connectivity index (χ2n) is 3.11. The Kier molecular flexibility index (Phi) is 3.25. The summed E-state index contributed by atoms with van der Waals surface area (Å²) in [5.41, 5.74) is 2.15. The Hall–Kier alpha value is -1.09. The van der Waals surface area contributed by atoms with Crippen molar-refractivity contribution in [3.05, 3.63) is 35.9 Å². The van der Waals surface area contributed by atoms with Gasteiger partial charge in [-0.25, -0.2) is 4.39 Å². The van der Waals surface area contributed by atoms with Crippen LogP contribution in [0.15, 0.2) is 24.5 Å². The van der Waals surface area contributed by atoms with Gasteiger partial charge in [0.2, 0.25) is 0 Å². The lowest BCUT2D eigenvalue weighted by molar-refractivity contribution is 0.198. The second kappa shape index (κ2) is 4.23. The van der Waals surface area contributed by atoms with E-state index in [1.165, 1.54) is 0 Å². The molecule has 1 heterocycles. The van der Waals surface area contributed by atoms with Crippen molar-refractivity contribution in [1.29, 1.82) is 0 Å². The van der Waals surface area contributed by atoms with Crippen LogP contribution in [0.4, 0.5) is 4.39 Å². The first-order valence-corrected chi connectivity index (χ1v) is 4.23. The summed E-state index contributed by atoms with van der Waals surface area (Å²) < 4.78 is 13.7. The van der Waals surface area contributed by atoms with Crippen LogP contribution in [0.3, 0.4) is 0 Å². The van der Waals surface area contributed by atoms with E-state index in [1.54, 1.807) is 0 Å². The molecule has 0 saturated heterocycles. The summed E-state index contributed by atoms with van der Waals surface area (Å²) in [6.45, 7) is 4.32. The molecule has 13 heavy (non-hydrogen) atoms. The Morgan fingerprint density at radius 3 is 2.46 bits per heavy atom. The Labute approximate surface area is 77.3 Å². The molecule has 72 valence electrons. The average Bonchev–Trinajstić information content (AvgIpc) is 2.36. The van der Waals surface area contributed by atoms with Crippen molar-refractivity contribution in [2.45, 2.75) is 26.5 Å². The third kappa shape index (κ3) is 2.42. The third-order valence-electron chi connectivity index (χ3n) is 2.08. The summed E-state index contributed by atoms with van der Waals surface area (Å²) in [5.74, 6) is 0. The topological polar surface area (TPSA) is 25.2 Å². The van der Waals surface area contributed by atoms with Crippen molar-refractivity contribution in [2.75, 3.05) is 0 Å². The zero-order valence-electron chi connectivity index (χ0n) is 7.87. The highest BCUT2D eigenvalue weighted by Gasteiger charge is 2.05. The van der Waals surface area contributed by atoms with Gasteiger partial charge >= 0.3 is 0 Å². The molecule has 2 nitrogen and oxygen atoms in total. The fraction of sp³-hybridized carbons (Fsp3) is 0.400. The van der Waals surface area contributed by atoms with Gasteiger partial charge in [0, 0.05) is 11.4 Å². The van der Waals surface area contributed by atoms with Crippen molar-refractivity contribution < 1.29 is 9.50 Å². The molecule has 0 saturated carbocycles. The monoisotopic (exact) mass is 183 g/mol. The van der Waals surface area contributed by atoms with Crippen LogP contribution >= 0.6 is 0 Å². The Bertz CT molecular complexity index is 284. The van der Waals surface area contributed by atoms with E-state index in [1.807, 2.05) is 30.5 Å². The highest BCUT2D eigenvalue weighted by molar-refractivity contribution is 5.14. The van der Waals surface area contributed by atoms with Crippen LogP contribution in [0.1, 0.15) is 11.4 Å². The minimum atomic E-state index is -0.755. The first-order chi connectivity index (χ1) is 6.15. The van der Waals surface area contributed by atoms with Crippen molar-refractivity contribution in [1.82, 2.24) is 4.57 Å². The van der Waals surface area contributed by atoms with Gasteiger partial charge in [-0.05, 0) is 32.1 Å². The van der Waals surface area contributed by atoms with E-state index in [4.69, 9.17) is 0 Å². The Balaban J connectivity index is 2.73. The van der Waals surface area contributed by atoms with E-state index < -0.39 is 6.10 Å². The molecule has 1 aromatic heterocycles. The lowest BCUT2D eigenvalue weighted by Gasteiger charge is -2.11. The van der Waals surface area contributed by atoms with Crippen LogP contribution in [-0.4, -0.2) is 15.8 Å². The van der Waals surface area contributed by atoms with E-state index in [0.717, 1.165) is 17.5 Å². The highest BCUT2D eigenvalue weighted by atomic mass is 19.1. The largest absolute Gasteiger partial charge is 0.387 e. The number of halogens is 1. The minimum Gasteiger partial charge on any atom is -0.387 e. The van der Waals surface area contributed by atoms with Crippen molar-refractivity contribution in [3.63, 3.8) is 0 Å². The molecule has 1 unspecified atom stereocenters. The molecule has 0 bridgehead atoms. The molecule has 0 radical (unpaired) electrons. The number of aliphatic hydroxyl groups is 1. The third-order valence-corrected chi connectivity index (χ3v) is 2.08. The number of hydrogen-bond acceptors (Lipinski definition) is 1. The van der Waals surface area contributed by atoms with Gasteiger partial charge in [-0.1, -0.05) is 0 Å². The molecule has 3 heteroatoms. The molecular formula is C10H14FNO. The van der Waals surface area contributed by atoms with E-state index in [0.29, 0.717) is 12.9 Å². The number of rotatable bonds is 3. The van der Waals surface area contributed by atoms with E-state index >= 15 is 0 Å². The average molecular weight is 183 g/mol. The molecule has 0 amide bonds. The van der Waals surface area contributed by atoms with Gasteiger partial charge in [0.05, 0.1) is 19.0 Å². The summed E-state index contributed by atoms with van der Waals surface area (Å²) in [6.07, 6.45) is 0.757. The maximum atomic E-state index is 11.7. The first kappa shape index (κ1) is 9.99. The lowest BCUT2D eigenvalue weighted by atomic mass is 10.3. The number of aryl methyl sites for hydroxylation is 2.